The van der Waals surface area contributed by atoms with Crippen LogP contribution in [0, 0.1) is 0 Å². The van der Waals surface area contributed by atoms with Crippen molar-refractivity contribution in [3.8, 4) is 0 Å². The summed E-state index contributed by atoms with van der Waals surface area (Å²) in [4.78, 5) is 14.7. The number of hydrogen-bond acceptors (Lipinski definition) is 3. The summed E-state index contributed by atoms with van der Waals surface area (Å²) in [5.41, 5.74) is 2.12. The molecule has 1 aromatic carbocycles. The van der Waals surface area contributed by atoms with Gasteiger partial charge in [0.15, 0.2) is 5.96 Å². The fourth-order valence-electron chi connectivity index (χ4n) is 3.22. The normalized spacial score (nSPS) is 16.1. The standard InChI is InChI=1S/C18H27N5O.HI/c1-3-24-14-9-12-23(13-10-14)18(19-2)20-11-8-17-21-15-6-4-5-7-16(15)22-17;/h4-7,14H,3,8-13H2,1-2H3,(H,19,20)(H,21,22);1H. The summed E-state index contributed by atoms with van der Waals surface area (Å²) in [5.74, 6) is 1.98. The van der Waals surface area contributed by atoms with E-state index in [1.807, 2.05) is 25.2 Å². The second kappa shape index (κ2) is 9.96. The Bertz CT molecular complexity index is 646. The van der Waals surface area contributed by atoms with Crippen LogP contribution in [0.3, 0.4) is 0 Å². The number of aromatic nitrogens is 2. The lowest BCUT2D eigenvalue weighted by Gasteiger charge is -2.34. The Hall–Kier alpha value is -1.35. The van der Waals surface area contributed by atoms with Crippen molar-refractivity contribution in [2.45, 2.75) is 32.3 Å². The zero-order valence-corrected chi connectivity index (χ0v) is 17.3. The third-order valence-corrected chi connectivity index (χ3v) is 4.44. The van der Waals surface area contributed by atoms with Gasteiger partial charge in [0, 0.05) is 39.7 Å². The monoisotopic (exact) mass is 457 g/mol. The van der Waals surface area contributed by atoms with Crippen LogP contribution in [0.4, 0.5) is 0 Å². The Balaban J connectivity index is 0.00000225. The smallest absolute Gasteiger partial charge is 0.193 e. The minimum Gasteiger partial charge on any atom is -0.378 e. The van der Waals surface area contributed by atoms with Gasteiger partial charge >= 0.3 is 0 Å². The summed E-state index contributed by atoms with van der Waals surface area (Å²) in [5, 5.41) is 3.45. The molecule has 7 heteroatoms. The molecule has 0 unspecified atom stereocenters. The zero-order chi connectivity index (χ0) is 16.8. The lowest BCUT2D eigenvalue weighted by molar-refractivity contribution is 0.0264. The maximum absolute atomic E-state index is 5.71. The van der Waals surface area contributed by atoms with Gasteiger partial charge in [-0.15, -0.1) is 24.0 Å². The Labute approximate surface area is 166 Å². The van der Waals surface area contributed by atoms with Crippen LogP contribution in [-0.4, -0.2) is 60.2 Å². The SMILES string of the molecule is CCOC1CCN(C(=NC)NCCc2nc3ccccc3[nH]2)CC1.I. The number of nitrogens with zero attached hydrogens (tertiary/aromatic N) is 3. The van der Waals surface area contributed by atoms with E-state index in [1.54, 1.807) is 0 Å². The fraction of sp³-hybridized carbons (Fsp3) is 0.556. The van der Waals surface area contributed by atoms with Gasteiger partial charge in [0.1, 0.15) is 5.82 Å². The van der Waals surface area contributed by atoms with Gasteiger partial charge < -0.3 is 19.9 Å². The Morgan fingerprint density at radius 3 is 2.80 bits per heavy atom. The van der Waals surface area contributed by atoms with E-state index in [-0.39, 0.29) is 24.0 Å². The number of aromatic amines is 1. The number of benzene rings is 1. The number of aliphatic imine (C=N–C) groups is 1. The van der Waals surface area contributed by atoms with Crippen molar-refractivity contribution in [3.63, 3.8) is 0 Å². The summed E-state index contributed by atoms with van der Waals surface area (Å²) >= 11 is 0. The zero-order valence-electron chi connectivity index (χ0n) is 15.0. The van der Waals surface area contributed by atoms with Crippen LogP contribution in [0.5, 0.6) is 0 Å². The van der Waals surface area contributed by atoms with Crippen LogP contribution in [0.15, 0.2) is 29.3 Å². The number of hydrogen-bond donors (Lipinski definition) is 2. The van der Waals surface area contributed by atoms with Gasteiger partial charge in [-0.2, -0.15) is 0 Å². The first-order chi connectivity index (χ1) is 11.8. The van der Waals surface area contributed by atoms with Crippen molar-refractivity contribution in [1.82, 2.24) is 20.2 Å². The van der Waals surface area contributed by atoms with E-state index in [1.165, 1.54) is 0 Å². The van der Waals surface area contributed by atoms with Crippen LogP contribution in [-0.2, 0) is 11.2 Å². The summed E-state index contributed by atoms with van der Waals surface area (Å²) in [7, 11) is 1.85. The average Bonchev–Trinajstić information content (AvgIpc) is 3.03. The lowest BCUT2D eigenvalue weighted by Crippen LogP contribution is -2.47. The minimum atomic E-state index is 0. The van der Waals surface area contributed by atoms with Crippen LogP contribution in [0.1, 0.15) is 25.6 Å². The molecule has 0 saturated carbocycles. The quantitative estimate of drug-likeness (QED) is 0.412. The second-order valence-electron chi connectivity index (χ2n) is 6.07. The van der Waals surface area contributed by atoms with Gasteiger partial charge in [-0.05, 0) is 31.9 Å². The number of H-pyrrole nitrogens is 1. The van der Waals surface area contributed by atoms with E-state index in [9.17, 15) is 0 Å². The lowest BCUT2D eigenvalue weighted by atomic mass is 10.1. The Morgan fingerprint density at radius 1 is 1.36 bits per heavy atom. The largest absolute Gasteiger partial charge is 0.378 e. The van der Waals surface area contributed by atoms with Crippen LogP contribution < -0.4 is 5.32 Å². The van der Waals surface area contributed by atoms with E-state index in [0.717, 1.165) is 68.3 Å². The molecule has 0 bridgehead atoms. The molecule has 2 aromatic rings. The molecular weight excluding hydrogens is 429 g/mol. The highest BCUT2D eigenvalue weighted by Gasteiger charge is 2.21. The van der Waals surface area contributed by atoms with Crippen molar-refractivity contribution in [2.24, 2.45) is 4.99 Å². The number of nitrogens with one attached hydrogen (secondary N) is 2. The molecule has 25 heavy (non-hydrogen) atoms. The predicted octanol–water partition coefficient (Wildman–Crippen LogP) is 2.80. The van der Waals surface area contributed by atoms with Crippen molar-refractivity contribution < 1.29 is 4.74 Å². The summed E-state index contributed by atoms with van der Waals surface area (Å²) in [6.45, 7) is 5.67. The first kappa shape index (κ1) is 20.0. The molecule has 1 fully saturated rings. The van der Waals surface area contributed by atoms with E-state index in [4.69, 9.17) is 4.74 Å². The topological polar surface area (TPSA) is 65.5 Å². The van der Waals surface area contributed by atoms with Gasteiger partial charge in [-0.25, -0.2) is 4.98 Å². The van der Waals surface area contributed by atoms with Crippen molar-refractivity contribution in [2.75, 3.05) is 33.3 Å². The predicted molar refractivity (Wildman–Crippen MR) is 113 cm³/mol. The number of para-hydroxylation sites is 2. The number of fused-ring (bicyclic) bond motifs is 1. The molecule has 0 spiro atoms. The molecule has 2 N–H and O–H groups in total. The third-order valence-electron chi connectivity index (χ3n) is 4.44. The van der Waals surface area contributed by atoms with Gasteiger partial charge in [0.25, 0.3) is 0 Å². The molecule has 2 heterocycles. The molecule has 6 nitrogen and oxygen atoms in total. The molecule has 1 aliphatic heterocycles. The molecule has 1 aromatic heterocycles. The van der Waals surface area contributed by atoms with E-state index in [0.29, 0.717) is 6.10 Å². The average molecular weight is 457 g/mol. The highest BCUT2D eigenvalue weighted by molar-refractivity contribution is 14.0. The van der Waals surface area contributed by atoms with Crippen LogP contribution in [0.25, 0.3) is 11.0 Å². The van der Waals surface area contributed by atoms with Crippen LogP contribution in [0.2, 0.25) is 0 Å². The Kier molecular flexibility index (Phi) is 7.95. The maximum atomic E-state index is 5.71. The third kappa shape index (κ3) is 5.31. The highest BCUT2D eigenvalue weighted by Crippen LogP contribution is 2.14. The number of ether oxygens (including phenoxy) is 1. The highest BCUT2D eigenvalue weighted by atomic mass is 127. The van der Waals surface area contributed by atoms with Crippen molar-refractivity contribution >= 4 is 41.0 Å². The van der Waals surface area contributed by atoms with Gasteiger partial charge in [-0.3, -0.25) is 4.99 Å². The summed E-state index contributed by atoms with van der Waals surface area (Å²) < 4.78 is 5.71. The van der Waals surface area contributed by atoms with Crippen molar-refractivity contribution in [3.05, 3.63) is 30.1 Å². The molecule has 1 saturated heterocycles. The number of piperidine rings is 1. The van der Waals surface area contributed by atoms with Gasteiger partial charge in [0.2, 0.25) is 0 Å². The van der Waals surface area contributed by atoms with Gasteiger partial charge in [0.05, 0.1) is 17.1 Å². The molecule has 0 amide bonds. The second-order valence-corrected chi connectivity index (χ2v) is 6.07. The van der Waals surface area contributed by atoms with E-state index in [2.05, 4.69) is 38.2 Å². The maximum Gasteiger partial charge on any atom is 0.193 e. The summed E-state index contributed by atoms with van der Waals surface area (Å²) in [6.07, 6.45) is 3.39. The fourth-order valence-corrected chi connectivity index (χ4v) is 3.22. The summed E-state index contributed by atoms with van der Waals surface area (Å²) in [6, 6.07) is 8.13. The van der Waals surface area contributed by atoms with Crippen LogP contribution >= 0.6 is 24.0 Å². The first-order valence-electron chi connectivity index (χ1n) is 8.81. The molecule has 0 aliphatic carbocycles. The molecule has 0 radical (unpaired) electrons. The first-order valence-corrected chi connectivity index (χ1v) is 8.81. The number of rotatable bonds is 5. The number of imidazole rings is 1. The molecule has 0 atom stereocenters. The number of halogens is 1. The number of likely N-dealkylation sites (tertiary alicyclic amines) is 1. The minimum absolute atomic E-state index is 0. The van der Waals surface area contributed by atoms with Gasteiger partial charge in [-0.1, -0.05) is 12.1 Å². The molecule has 1 aliphatic rings. The van der Waals surface area contributed by atoms with E-state index < -0.39 is 0 Å². The molecule has 3 rings (SSSR count). The number of guanidine groups is 1. The molecule has 138 valence electrons. The van der Waals surface area contributed by atoms with Crippen molar-refractivity contribution in [1.29, 1.82) is 0 Å². The molecular formula is C18H28IN5O. The Morgan fingerprint density at radius 2 is 2.12 bits per heavy atom. The van der Waals surface area contributed by atoms with E-state index >= 15 is 0 Å².